The van der Waals surface area contributed by atoms with E-state index in [0.717, 1.165) is 6.20 Å². The first-order valence-corrected chi connectivity index (χ1v) is 7.74. The van der Waals surface area contributed by atoms with Gasteiger partial charge in [0.1, 0.15) is 11.4 Å². The number of aliphatic hydroxyl groups excluding tert-OH is 1. The highest BCUT2D eigenvalue weighted by molar-refractivity contribution is 14.1. The maximum absolute atomic E-state index is 14.6. The minimum Gasteiger partial charge on any atom is -0.477 e. The van der Waals surface area contributed by atoms with E-state index in [9.17, 15) is 19.1 Å². The van der Waals surface area contributed by atoms with Gasteiger partial charge < -0.3 is 15.2 Å². The lowest BCUT2D eigenvalue weighted by Crippen LogP contribution is -2.19. The summed E-state index contributed by atoms with van der Waals surface area (Å²) in [6.07, 6.45) is 1.07. The fourth-order valence-corrected chi connectivity index (χ4v) is 3.08. The van der Waals surface area contributed by atoms with Crippen LogP contribution in [0.3, 0.4) is 0 Å². The average molecular weight is 419 g/mol. The third-order valence-corrected chi connectivity index (χ3v) is 4.49. The zero-order valence-corrected chi connectivity index (χ0v) is 14.1. The minimum absolute atomic E-state index is 0.0523. The summed E-state index contributed by atoms with van der Waals surface area (Å²) in [5.41, 5.74) is -0.610. The van der Waals surface area contributed by atoms with Crippen molar-refractivity contribution in [1.82, 2.24) is 4.98 Å². The van der Waals surface area contributed by atoms with E-state index in [1.807, 2.05) is 13.8 Å². The van der Waals surface area contributed by atoms with E-state index < -0.39 is 28.7 Å². The number of hydrogen-bond acceptors (Lipinski definition) is 3. The van der Waals surface area contributed by atoms with Crippen molar-refractivity contribution in [2.45, 2.75) is 19.8 Å². The molecule has 0 bridgehead atoms. The van der Waals surface area contributed by atoms with Gasteiger partial charge in [-0.1, -0.05) is 13.8 Å². The molecule has 3 N–H and O–H groups in total. The Kier molecular flexibility index (Phi) is 4.86. The maximum atomic E-state index is 14.6. The molecule has 0 saturated carbocycles. The lowest BCUT2D eigenvalue weighted by Gasteiger charge is -2.21. The highest BCUT2D eigenvalue weighted by Gasteiger charge is 2.25. The number of aromatic carboxylic acids is 1. The summed E-state index contributed by atoms with van der Waals surface area (Å²) in [6, 6.07) is 1.33. The van der Waals surface area contributed by atoms with E-state index in [4.69, 9.17) is 5.11 Å². The topological polar surface area (TPSA) is 90.4 Å². The zero-order chi connectivity index (χ0) is 16.6. The largest absolute Gasteiger partial charge is 0.477 e. The van der Waals surface area contributed by atoms with Gasteiger partial charge in [-0.3, -0.25) is 4.79 Å². The summed E-state index contributed by atoms with van der Waals surface area (Å²) < 4.78 is 14.8. The van der Waals surface area contributed by atoms with Crippen LogP contribution in [0.2, 0.25) is 0 Å². The molecule has 0 aliphatic carbocycles. The molecule has 0 radical (unpaired) electrons. The molecule has 0 saturated heterocycles. The van der Waals surface area contributed by atoms with Crippen LogP contribution in [0.25, 0.3) is 10.9 Å². The first kappa shape index (κ1) is 16.9. The first-order valence-electron chi connectivity index (χ1n) is 6.67. The molecule has 0 aliphatic heterocycles. The molecule has 2 rings (SSSR count). The van der Waals surface area contributed by atoms with Crippen molar-refractivity contribution in [2.75, 3.05) is 6.61 Å². The number of pyridine rings is 1. The van der Waals surface area contributed by atoms with E-state index >= 15 is 0 Å². The van der Waals surface area contributed by atoms with E-state index in [1.54, 1.807) is 22.6 Å². The van der Waals surface area contributed by atoms with Crippen molar-refractivity contribution < 1.29 is 19.4 Å². The Hall–Kier alpha value is -1.48. The monoisotopic (exact) mass is 419 g/mol. The van der Waals surface area contributed by atoms with Crippen LogP contribution >= 0.6 is 22.6 Å². The molecule has 0 amide bonds. The third-order valence-electron chi connectivity index (χ3n) is 3.71. The van der Waals surface area contributed by atoms with E-state index in [1.165, 1.54) is 6.07 Å². The Balaban J connectivity index is 2.92. The summed E-state index contributed by atoms with van der Waals surface area (Å²) in [7, 11) is 0. The fraction of sp³-hybridized carbons (Fsp3) is 0.333. The van der Waals surface area contributed by atoms with Crippen LogP contribution in [-0.4, -0.2) is 27.8 Å². The maximum Gasteiger partial charge on any atom is 0.341 e. The molecule has 1 atom stereocenters. The Morgan fingerprint density at radius 2 is 2.09 bits per heavy atom. The highest BCUT2D eigenvalue weighted by Crippen LogP contribution is 2.33. The Labute approximate surface area is 139 Å². The third kappa shape index (κ3) is 2.74. The molecule has 1 aromatic heterocycles. The van der Waals surface area contributed by atoms with Gasteiger partial charge in [0.2, 0.25) is 5.43 Å². The van der Waals surface area contributed by atoms with Crippen LogP contribution in [0.4, 0.5) is 4.39 Å². The summed E-state index contributed by atoms with van der Waals surface area (Å²) in [6.45, 7) is 3.41. The predicted molar refractivity (Wildman–Crippen MR) is 88.9 cm³/mol. The number of benzene rings is 1. The number of carbonyl (C=O) groups is 1. The van der Waals surface area contributed by atoms with Crippen LogP contribution in [-0.2, 0) is 0 Å². The molecule has 0 spiro atoms. The number of hydrogen-bond donors (Lipinski definition) is 3. The summed E-state index contributed by atoms with van der Waals surface area (Å²) in [4.78, 5) is 26.1. The van der Waals surface area contributed by atoms with Gasteiger partial charge in [-0.05, 0) is 34.6 Å². The number of aliphatic hydroxyl groups is 1. The molecule has 2 aromatic rings. The van der Waals surface area contributed by atoms with Crippen LogP contribution in [0.5, 0.6) is 0 Å². The number of carboxylic acid groups (broad SMARTS) is 1. The number of aromatic nitrogens is 1. The van der Waals surface area contributed by atoms with Crippen molar-refractivity contribution >= 4 is 39.5 Å². The molecular weight excluding hydrogens is 404 g/mol. The van der Waals surface area contributed by atoms with Crippen LogP contribution in [0.1, 0.15) is 35.7 Å². The van der Waals surface area contributed by atoms with Gasteiger partial charge in [0, 0.05) is 26.6 Å². The lowest BCUT2D eigenvalue weighted by molar-refractivity contribution is 0.0695. The molecule has 118 valence electrons. The number of carboxylic acids is 1. The lowest BCUT2D eigenvalue weighted by atomic mass is 9.87. The van der Waals surface area contributed by atoms with Crippen molar-refractivity contribution in [3.05, 3.63) is 43.0 Å². The fourth-order valence-electron chi connectivity index (χ4n) is 2.48. The molecule has 1 heterocycles. The summed E-state index contributed by atoms with van der Waals surface area (Å²) in [5, 5.41) is 18.7. The van der Waals surface area contributed by atoms with Gasteiger partial charge in [-0.25, -0.2) is 9.18 Å². The molecule has 1 aromatic carbocycles. The Bertz CT molecular complexity index is 800. The minimum atomic E-state index is -1.34. The van der Waals surface area contributed by atoms with Crippen LogP contribution in [0.15, 0.2) is 17.1 Å². The highest BCUT2D eigenvalue weighted by atomic mass is 127. The molecule has 0 aliphatic rings. The normalized spacial score (nSPS) is 12.8. The smallest absolute Gasteiger partial charge is 0.341 e. The van der Waals surface area contributed by atoms with Gasteiger partial charge in [-0.15, -0.1) is 0 Å². The van der Waals surface area contributed by atoms with E-state index in [0.29, 0.717) is 0 Å². The Morgan fingerprint density at radius 3 is 2.59 bits per heavy atom. The standard InChI is InChI=1S/C15H15FINO4/c1-6(2)9(5-19)11-12(16)10(17)3-7-13(11)18-4-8(14(7)20)15(21)22/h3-4,6,9,19H,5H2,1-2H3,(H,18,20)(H,21,22). The molecule has 22 heavy (non-hydrogen) atoms. The number of fused-ring (bicyclic) bond motifs is 1. The van der Waals surface area contributed by atoms with Crippen molar-refractivity contribution in [3.63, 3.8) is 0 Å². The van der Waals surface area contributed by atoms with Gasteiger partial charge >= 0.3 is 5.97 Å². The van der Waals surface area contributed by atoms with E-state index in [-0.39, 0.29) is 32.6 Å². The molecule has 7 heteroatoms. The second-order valence-corrected chi connectivity index (χ2v) is 6.54. The summed E-state index contributed by atoms with van der Waals surface area (Å²) >= 11 is 1.76. The number of halogens is 2. The number of nitrogens with one attached hydrogen (secondary N) is 1. The SMILES string of the molecule is CC(C)C(CO)c1c(F)c(I)cc2c(=O)c(C(=O)O)c[nH]c12. The van der Waals surface area contributed by atoms with Crippen molar-refractivity contribution in [2.24, 2.45) is 5.92 Å². The van der Waals surface area contributed by atoms with Crippen LogP contribution < -0.4 is 5.43 Å². The quantitative estimate of drug-likeness (QED) is 0.665. The van der Waals surface area contributed by atoms with Gasteiger partial charge in [0.15, 0.2) is 0 Å². The average Bonchev–Trinajstić information content (AvgIpc) is 2.44. The predicted octanol–water partition coefficient (Wildman–Crippen LogP) is 2.70. The number of rotatable bonds is 4. The van der Waals surface area contributed by atoms with Crippen molar-refractivity contribution in [3.8, 4) is 0 Å². The molecule has 0 fully saturated rings. The van der Waals surface area contributed by atoms with Crippen LogP contribution in [0, 0.1) is 15.3 Å². The molecule has 5 nitrogen and oxygen atoms in total. The Morgan fingerprint density at radius 1 is 1.45 bits per heavy atom. The molecule has 1 unspecified atom stereocenters. The number of H-pyrrole nitrogens is 1. The zero-order valence-electron chi connectivity index (χ0n) is 12.0. The van der Waals surface area contributed by atoms with Gasteiger partial charge in [-0.2, -0.15) is 0 Å². The second-order valence-electron chi connectivity index (χ2n) is 5.38. The number of aromatic amines is 1. The van der Waals surface area contributed by atoms with Gasteiger partial charge in [0.05, 0.1) is 12.1 Å². The van der Waals surface area contributed by atoms with E-state index in [2.05, 4.69) is 4.98 Å². The second kappa shape index (κ2) is 6.33. The first-order chi connectivity index (χ1) is 10.3. The van der Waals surface area contributed by atoms with Crippen molar-refractivity contribution in [1.29, 1.82) is 0 Å². The summed E-state index contributed by atoms with van der Waals surface area (Å²) in [5.74, 6) is -2.39. The van der Waals surface area contributed by atoms with Gasteiger partial charge in [0.25, 0.3) is 0 Å². The molecular formula is C15H15FINO4.